The van der Waals surface area contributed by atoms with Crippen LogP contribution in [-0.4, -0.2) is 40.4 Å². The van der Waals surface area contributed by atoms with Crippen molar-refractivity contribution in [3.8, 4) is 0 Å². The zero-order chi connectivity index (χ0) is 15.4. The maximum absolute atomic E-state index is 11.3. The molecule has 2 aromatic heterocycles. The van der Waals surface area contributed by atoms with Gasteiger partial charge in [0.05, 0.1) is 0 Å². The number of rotatable bonds is 6. The van der Waals surface area contributed by atoms with E-state index < -0.39 is 5.97 Å². The van der Waals surface area contributed by atoms with Crippen molar-refractivity contribution in [3.63, 3.8) is 0 Å². The summed E-state index contributed by atoms with van der Waals surface area (Å²) in [5.74, 6) is 0.790. The molecule has 0 aliphatic heterocycles. The molecule has 0 atom stereocenters. The van der Waals surface area contributed by atoms with Crippen molar-refractivity contribution in [1.29, 1.82) is 0 Å². The van der Waals surface area contributed by atoms with Gasteiger partial charge in [-0.2, -0.15) is 0 Å². The molecule has 0 amide bonds. The fourth-order valence-electron chi connectivity index (χ4n) is 1.50. The van der Waals surface area contributed by atoms with Gasteiger partial charge in [-0.15, -0.1) is 5.10 Å². The van der Waals surface area contributed by atoms with Gasteiger partial charge in [0.1, 0.15) is 16.5 Å². The summed E-state index contributed by atoms with van der Waals surface area (Å²) in [6.45, 7) is 1.94. The Morgan fingerprint density at radius 3 is 2.81 bits per heavy atom. The molecule has 2 N–H and O–H groups in total. The second kappa shape index (κ2) is 6.49. The van der Waals surface area contributed by atoms with Gasteiger partial charge in [0.25, 0.3) is 0 Å². The lowest BCUT2D eigenvalue weighted by Gasteiger charge is -2.06. The molecule has 2 heterocycles. The molecule has 112 valence electrons. The Kier molecular flexibility index (Phi) is 4.69. The summed E-state index contributed by atoms with van der Waals surface area (Å²) in [6, 6.07) is 3.49. The van der Waals surface area contributed by atoms with Gasteiger partial charge >= 0.3 is 5.97 Å². The number of hydrogen-bond donors (Lipinski definition) is 2. The van der Waals surface area contributed by atoms with Crippen molar-refractivity contribution in [2.75, 3.05) is 19.0 Å². The van der Waals surface area contributed by atoms with Crippen molar-refractivity contribution >= 4 is 29.7 Å². The van der Waals surface area contributed by atoms with Crippen LogP contribution in [0, 0.1) is 0 Å². The minimum absolute atomic E-state index is 0.0938. The molecule has 21 heavy (non-hydrogen) atoms. The van der Waals surface area contributed by atoms with Gasteiger partial charge in [0, 0.05) is 32.7 Å². The van der Waals surface area contributed by atoms with E-state index in [1.165, 1.54) is 6.08 Å². The number of thioether (sulfide) groups is 1. The number of hydrogen-bond acceptors (Lipinski definition) is 6. The number of nitrogens with one attached hydrogen (secondary N) is 1. The Hall–Kier alpha value is -2.22. The van der Waals surface area contributed by atoms with Gasteiger partial charge in [-0.25, -0.2) is 9.78 Å². The third kappa shape index (κ3) is 3.88. The van der Waals surface area contributed by atoms with E-state index >= 15 is 0 Å². The Morgan fingerprint density at radius 2 is 2.29 bits per heavy atom. The van der Waals surface area contributed by atoms with E-state index in [0.29, 0.717) is 23.2 Å². The molecule has 2 aromatic rings. The largest absolute Gasteiger partial charge is 0.477 e. The molecule has 0 unspecified atom stereocenters. The third-order valence-electron chi connectivity index (χ3n) is 2.58. The molecule has 0 aliphatic carbocycles. The zero-order valence-electron chi connectivity index (χ0n) is 12.0. The van der Waals surface area contributed by atoms with Gasteiger partial charge < -0.3 is 14.4 Å². The van der Waals surface area contributed by atoms with E-state index in [0.717, 1.165) is 17.6 Å². The fraction of sp³-hybridized carbons (Fsp3) is 0.308. The van der Waals surface area contributed by atoms with Crippen molar-refractivity contribution in [2.24, 2.45) is 0 Å². The number of nitrogens with zero attached hydrogens (tertiary/aromatic N) is 3. The van der Waals surface area contributed by atoms with E-state index in [-0.39, 0.29) is 4.91 Å². The fourth-order valence-corrected chi connectivity index (χ4v) is 2.21. The quantitative estimate of drug-likeness (QED) is 0.624. The Bertz CT molecular complexity index is 660. The lowest BCUT2D eigenvalue weighted by molar-refractivity contribution is -0.131. The molecular weight excluding hydrogens is 292 g/mol. The lowest BCUT2D eigenvalue weighted by Crippen LogP contribution is -2.06. The normalized spacial score (nSPS) is 11.7. The van der Waals surface area contributed by atoms with E-state index in [4.69, 9.17) is 4.42 Å². The molecule has 0 saturated carbocycles. The maximum Gasteiger partial charge on any atom is 0.342 e. The maximum atomic E-state index is 11.3. The SMILES string of the molecule is CCc1nc(S/C(=C\c2ccc(N(C)C)o2)C(=O)O)n[nH]1. The number of carboxylic acid groups (broad SMARTS) is 1. The van der Waals surface area contributed by atoms with Crippen LogP contribution in [0.25, 0.3) is 6.08 Å². The minimum atomic E-state index is -1.05. The van der Waals surface area contributed by atoms with Crippen molar-refractivity contribution in [2.45, 2.75) is 18.5 Å². The van der Waals surface area contributed by atoms with Crippen LogP contribution in [0.1, 0.15) is 18.5 Å². The van der Waals surface area contributed by atoms with Gasteiger partial charge in [0.2, 0.25) is 5.16 Å². The second-order valence-electron chi connectivity index (χ2n) is 4.40. The van der Waals surface area contributed by atoms with Crippen LogP contribution >= 0.6 is 11.8 Å². The highest BCUT2D eigenvalue weighted by atomic mass is 32.2. The number of carbonyl (C=O) groups is 1. The number of aliphatic carboxylic acids is 1. The number of aromatic nitrogens is 3. The summed E-state index contributed by atoms with van der Waals surface area (Å²) in [5, 5.41) is 16.4. The van der Waals surface area contributed by atoms with Gasteiger partial charge in [-0.1, -0.05) is 6.92 Å². The second-order valence-corrected chi connectivity index (χ2v) is 5.41. The van der Waals surface area contributed by atoms with Crippen LogP contribution in [0.3, 0.4) is 0 Å². The molecule has 0 aliphatic rings. The molecule has 2 rings (SSSR count). The van der Waals surface area contributed by atoms with E-state index in [1.807, 2.05) is 21.0 Å². The lowest BCUT2D eigenvalue weighted by atomic mass is 10.4. The summed E-state index contributed by atoms with van der Waals surface area (Å²) >= 11 is 0.980. The summed E-state index contributed by atoms with van der Waals surface area (Å²) in [4.78, 5) is 17.4. The predicted molar refractivity (Wildman–Crippen MR) is 80.3 cm³/mol. The van der Waals surface area contributed by atoms with Crippen molar-refractivity contribution < 1.29 is 14.3 Å². The van der Waals surface area contributed by atoms with Crippen LogP contribution < -0.4 is 4.90 Å². The molecule has 0 bridgehead atoms. The Balaban J connectivity index is 2.21. The van der Waals surface area contributed by atoms with Crippen LogP contribution in [0.15, 0.2) is 26.6 Å². The highest BCUT2D eigenvalue weighted by molar-refractivity contribution is 8.04. The van der Waals surface area contributed by atoms with Crippen LogP contribution in [0.5, 0.6) is 0 Å². The first-order valence-corrected chi connectivity index (χ1v) is 7.12. The number of furan rings is 1. The number of carboxylic acids is 1. The van der Waals surface area contributed by atoms with Crippen LogP contribution in [0.2, 0.25) is 0 Å². The average Bonchev–Trinajstić information content (AvgIpc) is 3.06. The predicted octanol–water partition coefficient (Wildman–Crippen LogP) is 2.24. The van der Waals surface area contributed by atoms with E-state index in [1.54, 1.807) is 17.0 Å². The van der Waals surface area contributed by atoms with Crippen LogP contribution in [-0.2, 0) is 11.2 Å². The average molecular weight is 308 g/mol. The minimum Gasteiger partial charge on any atom is -0.477 e. The molecular formula is C13H16N4O3S. The van der Waals surface area contributed by atoms with Gasteiger partial charge in [-0.3, -0.25) is 5.10 Å². The van der Waals surface area contributed by atoms with E-state index in [2.05, 4.69) is 15.2 Å². The van der Waals surface area contributed by atoms with Gasteiger partial charge in [-0.05, 0) is 17.8 Å². The topological polar surface area (TPSA) is 95.2 Å². The summed E-state index contributed by atoms with van der Waals surface area (Å²) in [6.07, 6.45) is 2.17. The number of anilines is 1. The summed E-state index contributed by atoms with van der Waals surface area (Å²) in [5.41, 5.74) is 0. The summed E-state index contributed by atoms with van der Waals surface area (Å²) in [7, 11) is 3.69. The standard InChI is InChI=1S/C13H16N4O3S/c1-4-10-14-13(16-15-10)21-9(12(18)19)7-8-5-6-11(20-8)17(2)3/h5-7H,4H2,1-3H3,(H,18,19)(H,14,15,16)/b9-7-. The molecule has 0 saturated heterocycles. The van der Waals surface area contributed by atoms with Crippen molar-refractivity contribution in [3.05, 3.63) is 28.6 Å². The first kappa shape index (κ1) is 15.2. The highest BCUT2D eigenvalue weighted by Crippen LogP contribution is 2.27. The molecule has 0 fully saturated rings. The highest BCUT2D eigenvalue weighted by Gasteiger charge is 2.14. The molecule has 0 spiro atoms. The summed E-state index contributed by atoms with van der Waals surface area (Å²) < 4.78 is 5.51. The van der Waals surface area contributed by atoms with Crippen LogP contribution in [0.4, 0.5) is 5.88 Å². The first-order chi connectivity index (χ1) is 9.99. The van der Waals surface area contributed by atoms with E-state index in [9.17, 15) is 9.90 Å². The molecule has 7 nitrogen and oxygen atoms in total. The van der Waals surface area contributed by atoms with Crippen molar-refractivity contribution in [1.82, 2.24) is 15.2 Å². The molecule has 8 heteroatoms. The first-order valence-electron chi connectivity index (χ1n) is 6.31. The Morgan fingerprint density at radius 1 is 1.52 bits per heavy atom. The number of aryl methyl sites for hydroxylation is 1. The number of aromatic amines is 1. The Labute approximate surface area is 126 Å². The van der Waals surface area contributed by atoms with Gasteiger partial charge in [0.15, 0.2) is 5.88 Å². The molecule has 0 radical (unpaired) electrons. The zero-order valence-corrected chi connectivity index (χ0v) is 12.8. The number of H-pyrrole nitrogens is 1. The molecule has 0 aromatic carbocycles. The smallest absolute Gasteiger partial charge is 0.342 e. The monoisotopic (exact) mass is 308 g/mol. The third-order valence-corrected chi connectivity index (χ3v) is 3.46.